The molecular weight excluding hydrogens is 283 g/mol. The first-order valence-corrected chi connectivity index (χ1v) is 6.59. The number of benzene rings is 1. The van der Waals surface area contributed by atoms with Crippen LogP contribution in [0.15, 0.2) is 24.3 Å². The van der Waals surface area contributed by atoms with E-state index in [0.29, 0.717) is 11.4 Å². The first-order valence-electron chi connectivity index (χ1n) is 6.59. The predicted molar refractivity (Wildman–Crippen MR) is 76.8 cm³/mol. The van der Waals surface area contributed by atoms with E-state index in [1.807, 2.05) is 0 Å². The number of carbonyl (C=O) groups excluding carboxylic acids is 1. The molecule has 1 aromatic carbocycles. The van der Waals surface area contributed by atoms with E-state index in [1.165, 1.54) is 6.92 Å². The van der Waals surface area contributed by atoms with E-state index >= 15 is 0 Å². The van der Waals surface area contributed by atoms with Crippen molar-refractivity contribution in [3.63, 3.8) is 0 Å². The largest absolute Gasteiger partial charge is 0.401 e. The van der Waals surface area contributed by atoms with E-state index in [0.717, 1.165) is 4.90 Å². The summed E-state index contributed by atoms with van der Waals surface area (Å²) in [6.45, 7) is 3.57. The maximum absolute atomic E-state index is 12.6. The average molecular weight is 303 g/mol. The Morgan fingerprint density at radius 1 is 1.33 bits per heavy atom. The zero-order chi connectivity index (χ0) is 16.2. The Labute approximate surface area is 122 Å². The number of rotatable bonds is 5. The highest BCUT2D eigenvalue weighted by atomic mass is 19.4. The van der Waals surface area contributed by atoms with Gasteiger partial charge in [0.05, 0.1) is 12.6 Å². The number of nitrogens with two attached hydrogens (primary N) is 1. The fourth-order valence-corrected chi connectivity index (χ4v) is 1.99. The van der Waals surface area contributed by atoms with Crippen molar-refractivity contribution in [2.45, 2.75) is 39.0 Å². The summed E-state index contributed by atoms with van der Waals surface area (Å²) in [4.78, 5) is 13.2. The van der Waals surface area contributed by atoms with Crippen LogP contribution < -0.4 is 11.1 Å². The molecule has 0 bridgehead atoms. The molecule has 1 rings (SSSR count). The number of carbonyl (C=O) groups is 1. The fourth-order valence-electron chi connectivity index (χ4n) is 1.99. The van der Waals surface area contributed by atoms with Crippen LogP contribution in [0.1, 0.15) is 20.8 Å². The fraction of sp³-hybridized carbons (Fsp3) is 0.500. The Morgan fingerprint density at radius 3 is 2.43 bits per heavy atom. The van der Waals surface area contributed by atoms with Gasteiger partial charge >= 0.3 is 6.18 Å². The standard InChI is InChI=1S/C14H20F3N3O/c1-9(2)20(8-14(15,16)17)10(3)13(21)19-12-6-4-5-11(18)7-12/h4-7,9-10H,8,18H2,1-3H3,(H,19,21). The third kappa shape index (κ3) is 5.63. The van der Waals surface area contributed by atoms with Gasteiger partial charge < -0.3 is 11.1 Å². The predicted octanol–water partition coefficient (Wildman–Crippen LogP) is 2.87. The number of hydrogen-bond donors (Lipinski definition) is 2. The summed E-state index contributed by atoms with van der Waals surface area (Å²) in [5.41, 5.74) is 6.52. The molecule has 3 N–H and O–H groups in total. The molecule has 0 radical (unpaired) electrons. The van der Waals surface area contributed by atoms with Gasteiger partial charge in [0.1, 0.15) is 0 Å². The maximum atomic E-state index is 12.6. The minimum Gasteiger partial charge on any atom is -0.399 e. The smallest absolute Gasteiger partial charge is 0.399 e. The van der Waals surface area contributed by atoms with Gasteiger partial charge in [-0.3, -0.25) is 9.69 Å². The first-order chi connectivity index (χ1) is 9.60. The van der Waals surface area contributed by atoms with Crippen LogP contribution in [0, 0.1) is 0 Å². The highest BCUT2D eigenvalue weighted by molar-refractivity contribution is 5.94. The quantitative estimate of drug-likeness (QED) is 0.822. The van der Waals surface area contributed by atoms with Crippen LogP contribution in [-0.4, -0.2) is 35.6 Å². The highest BCUT2D eigenvalue weighted by Gasteiger charge is 2.35. The Bertz CT molecular complexity index is 489. The van der Waals surface area contributed by atoms with Crippen molar-refractivity contribution in [3.8, 4) is 0 Å². The Hall–Kier alpha value is -1.76. The first kappa shape index (κ1) is 17.3. The molecule has 21 heavy (non-hydrogen) atoms. The summed E-state index contributed by atoms with van der Waals surface area (Å²) in [7, 11) is 0. The van der Waals surface area contributed by atoms with E-state index in [9.17, 15) is 18.0 Å². The number of hydrogen-bond acceptors (Lipinski definition) is 3. The molecule has 0 aliphatic rings. The second-order valence-electron chi connectivity index (χ2n) is 5.17. The summed E-state index contributed by atoms with van der Waals surface area (Å²) in [5, 5.41) is 2.58. The number of alkyl halides is 3. The molecule has 0 fully saturated rings. The summed E-state index contributed by atoms with van der Waals surface area (Å²) in [6.07, 6.45) is -4.35. The lowest BCUT2D eigenvalue weighted by molar-refractivity contribution is -0.157. The minimum absolute atomic E-state index is 0.409. The molecule has 0 saturated carbocycles. The highest BCUT2D eigenvalue weighted by Crippen LogP contribution is 2.21. The minimum atomic E-state index is -4.35. The molecule has 1 aromatic rings. The number of halogens is 3. The average Bonchev–Trinajstić information content (AvgIpc) is 2.33. The SMILES string of the molecule is CC(C)N(CC(F)(F)F)C(C)C(=O)Nc1cccc(N)c1. The summed E-state index contributed by atoms with van der Waals surface area (Å²) in [5.74, 6) is -0.501. The van der Waals surface area contributed by atoms with Gasteiger partial charge in [0, 0.05) is 17.4 Å². The van der Waals surface area contributed by atoms with Crippen LogP contribution in [0.2, 0.25) is 0 Å². The summed E-state index contributed by atoms with van der Waals surface area (Å²) >= 11 is 0. The van der Waals surface area contributed by atoms with Gasteiger partial charge in [-0.1, -0.05) is 6.07 Å². The van der Waals surface area contributed by atoms with Gasteiger partial charge in [-0.05, 0) is 39.0 Å². The van der Waals surface area contributed by atoms with Crippen LogP contribution in [0.3, 0.4) is 0 Å². The number of nitrogen functional groups attached to an aromatic ring is 1. The Balaban J connectivity index is 2.79. The number of anilines is 2. The third-order valence-corrected chi connectivity index (χ3v) is 3.06. The molecule has 0 heterocycles. The lowest BCUT2D eigenvalue weighted by atomic mass is 10.2. The monoisotopic (exact) mass is 303 g/mol. The molecule has 0 saturated heterocycles. The summed E-state index contributed by atoms with van der Waals surface area (Å²) in [6, 6.07) is 5.18. The van der Waals surface area contributed by atoms with Crippen molar-refractivity contribution >= 4 is 17.3 Å². The molecule has 1 unspecified atom stereocenters. The van der Waals surface area contributed by atoms with E-state index < -0.39 is 30.7 Å². The van der Waals surface area contributed by atoms with Crippen molar-refractivity contribution in [1.82, 2.24) is 4.90 Å². The zero-order valence-electron chi connectivity index (χ0n) is 12.2. The lowest BCUT2D eigenvalue weighted by Gasteiger charge is -2.32. The summed E-state index contributed by atoms with van der Waals surface area (Å²) < 4.78 is 37.7. The van der Waals surface area contributed by atoms with Crippen molar-refractivity contribution < 1.29 is 18.0 Å². The molecule has 0 aliphatic heterocycles. The van der Waals surface area contributed by atoms with E-state index in [2.05, 4.69) is 5.32 Å². The molecule has 118 valence electrons. The van der Waals surface area contributed by atoms with Crippen LogP contribution in [0.25, 0.3) is 0 Å². The van der Waals surface area contributed by atoms with Gasteiger partial charge in [0.2, 0.25) is 5.91 Å². The Kier molecular flexibility index (Phi) is 5.60. The van der Waals surface area contributed by atoms with Gasteiger partial charge in [0.25, 0.3) is 0 Å². The van der Waals surface area contributed by atoms with Gasteiger partial charge in [0.15, 0.2) is 0 Å². The van der Waals surface area contributed by atoms with Crippen molar-refractivity contribution in [2.24, 2.45) is 0 Å². The maximum Gasteiger partial charge on any atom is 0.401 e. The number of nitrogens with one attached hydrogen (secondary N) is 1. The second kappa shape index (κ2) is 6.80. The third-order valence-electron chi connectivity index (χ3n) is 3.06. The van der Waals surface area contributed by atoms with Crippen LogP contribution in [0.4, 0.5) is 24.5 Å². The van der Waals surface area contributed by atoms with E-state index in [1.54, 1.807) is 38.1 Å². The van der Waals surface area contributed by atoms with Crippen LogP contribution in [0.5, 0.6) is 0 Å². The molecule has 1 amide bonds. The molecule has 4 nitrogen and oxygen atoms in total. The normalized spacial score (nSPS) is 13.5. The molecule has 0 spiro atoms. The topological polar surface area (TPSA) is 58.4 Å². The van der Waals surface area contributed by atoms with Crippen molar-refractivity contribution in [3.05, 3.63) is 24.3 Å². The van der Waals surface area contributed by atoms with Crippen molar-refractivity contribution in [1.29, 1.82) is 0 Å². The van der Waals surface area contributed by atoms with E-state index in [-0.39, 0.29) is 0 Å². The molecule has 1 atom stereocenters. The van der Waals surface area contributed by atoms with Gasteiger partial charge in [-0.15, -0.1) is 0 Å². The van der Waals surface area contributed by atoms with E-state index in [4.69, 9.17) is 5.73 Å². The molecule has 7 heteroatoms. The molecular formula is C14H20F3N3O. The number of amides is 1. The van der Waals surface area contributed by atoms with Crippen LogP contribution in [-0.2, 0) is 4.79 Å². The number of nitrogens with zero attached hydrogens (tertiary/aromatic N) is 1. The molecule has 0 aromatic heterocycles. The van der Waals surface area contributed by atoms with Crippen molar-refractivity contribution in [2.75, 3.05) is 17.6 Å². The second-order valence-corrected chi connectivity index (χ2v) is 5.17. The lowest BCUT2D eigenvalue weighted by Crippen LogP contribution is -2.49. The van der Waals surface area contributed by atoms with Gasteiger partial charge in [-0.25, -0.2) is 0 Å². The Morgan fingerprint density at radius 2 is 1.95 bits per heavy atom. The van der Waals surface area contributed by atoms with Gasteiger partial charge in [-0.2, -0.15) is 13.2 Å². The zero-order valence-corrected chi connectivity index (χ0v) is 12.2. The van der Waals surface area contributed by atoms with Crippen LogP contribution >= 0.6 is 0 Å². The molecule has 0 aliphatic carbocycles.